The van der Waals surface area contributed by atoms with Crippen LogP contribution >= 0.6 is 11.3 Å². The lowest BCUT2D eigenvalue weighted by molar-refractivity contribution is 0.949. The molecule has 1 aromatic heterocycles. The molecule has 3 heteroatoms. The normalized spacial score (nSPS) is 17.7. The number of thiazole rings is 1. The third kappa shape index (κ3) is 1.38. The zero-order valence-electron chi connectivity index (χ0n) is 6.63. The van der Waals surface area contributed by atoms with Crippen molar-refractivity contribution in [3.63, 3.8) is 0 Å². The van der Waals surface area contributed by atoms with Crippen LogP contribution in [0.2, 0.25) is 0 Å². The second kappa shape index (κ2) is 2.81. The third-order valence-corrected chi connectivity index (χ3v) is 2.86. The van der Waals surface area contributed by atoms with Crippen LogP contribution in [0.15, 0.2) is 0 Å². The number of rotatable bonds is 1. The Kier molecular flexibility index (Phi) is 1.82. The van der Waals surface area contributed by atoms with Gasteiger partial charge in [-0.15, -0.1) is 0 Å². The Morgan fingerprint density at radius 2 is 2.18 bits per heavy atom. The van der Waals surface area contributed by atoms with Crippen molar-refractivity contribution in [3.05, 3.63) is 11.1 Å². The fourth-order valence-electron chi connectivity index (χ4n) is 1.35. The van der Waals surface area contributed by atoms with E-state index in [0.717, 1.165) is 10.8 Å². The fourth-order valence-corrected chi connectivity index (χ4v) is 2.13. The maximum absolute atomic E-state index is 4.38. The Morgan fingerprint density at radius 3 is 2.73 bits per heavy atom. The SMILES string of the molecule is Cc1[c]sc(N2CCCC2)n1. The average molecular weight is 167 g/mol. The summed E-state index contributed by atoms with van der Waals surface area (Å²) < 4.78 is 0. The molecule has 2 rings (SSSR count). The molecular weight excluding hydrogens is 156 g/mol. The van der Waals surface area contributed by atoms with E-state index < -0.39 is 0 Å². The van der Waals surface area contributed by atoms with Crippen molar-refractivity contribution < 1.29 is 0 Å². The summed E-state index contributed by atoms with van der Waals surface area (Å²) in [6.07, 6.45) is 2.64. The van der Waals surface area contributed by atoms with Crippen molar-refractivity contribution in [3.8, 4) is 0 Å². The molecular formula is C8H11N2S. The van der Waals surface area contributed by atoms with Crippen molar-refractivity contribution in [2.45, 2.75) is 19.8 Å². The summed E-state index contributed by atoms with van der Waals surface area (Å²) in [5.74, 6) is 0. The molecule has 1 aliphatic heterocycles. The van der Waals surface area contributed by atoms with Gasteiger partial charge in [0.15, 0.2) is 5.13 Å². The topological polar surface area (TPSA) is 16.1 Å². The summed E-state index contributed by atoms with van der Waals surface area (Å²) in [6, 6.07) is 0. The van der Waals surface area contributed by atoms with Gasteiger partial charge in [-0.2, -0.15) is 0 Å². The summed E-state index contributed by atoms with van der Waals surface area (Å²) in [7, 11) is 0. The number of anilines is 1. The van der Waals surface area contributed by atoms with Crippen LogP contribution < -0.4 is 4.90 Å². The van der Waals surface area contributed by atoms with E-state index in [1.165, 1.54) is 25.9 Å². The molecule has 2 nitrogen and oxygen atoms in total. The number of hydrogen-bond donors (Lipinski definition) is 0. The van der Waals surface area contributed by atoms with E-state index >= 15 is 0 Å². The molecule has 0 saturated carbocycles. The Hall–Kier alpha value is -0.570. The first-order valence-corrected chi connectivity index (χ1v) is 4.78. The number of aromatic nitrogens is 1. The molecule has 0 atom stereocenters. The molecule has 0 unspecified atom stereocenters. The smallest absolute Gasteiger partial charge is 0.186 e. The molecule has 0 bridgehead atoms. The van der Waals surface area contributed by atoms with Gasteiger partial charge in [0.2, 0.25) is 0 Å². The van der Waals surface area contributed by atoms with Gasteiger partial charge < -0.3 is 4.90 Å². The van der Waals surface area contributed by atoms with Gasteiger partial charge in [-0.05, 0) is 19.8 Å². The first-order valence-electron chi connectivity index (χ1n) is 3.96. The largest absolute Gasteiger partial charge is 0.348 e. The molecule has 0 N–H and O–H groups in total. The van der Waals surface area contributed by atoms with Gasteiger partial charge in [0.25, 0.3) is 0 Å². The first kappa shape index (κ1) is 7.10. The summed E-state index contributed by atoms with van der Waals surface area (Å²) in [5, 5.41) is 4.29. The number of nitrogens with zero attached hydrogens (tertiary/aromatic N) is 2. The molecule has 1 aliphatic rings. The summed E-state index contributed by atoms with van der Waals surface area (Å²) in [5.41, 5.74) is 1.02. The van der Waals surface area contributed by atoms with E-state index in [4.69, 9.17) is 0 Å². The number of hydrogen-bond acceptors (Lipinski definition) is 3. The highest BCUT2D eigenvalue weighted by atomic mass is 32.1. The first-order chi connectivity index (χ1) is 5.36. The maximum atomic E-state index is 4.38. The van der Waals surface area contributed by atoms with E-state index in [9.17, 15) is 0 Å². The minimum Gasteiger partial charge on any atom is -0.348 e. The van der Waals surface area contributed by atoms with E-state index in [0.29, 0.717) is 0 Å². The zero-order chi connectivity index (χ0) is 7.68. The lowest BCUT2D eigenvalue weighted by Gasteiger charge is -2.11. The van der Waals surface area contributed by atoms with E-state index in [1.807, 2.05) is 6.92 Å². The van der Waals surface area contributed by atoms with Crippen molar-refractivity contribution >= 4 is 16.5 Å². The zero-order valence-corrected chi connectivity index (χ0v) is 7.45. The molecule has 1 fully saturated rings. The van der Waals surface area contributed by atoms with Gasteiger partial charge in [0.05, 0.1) is 11.1 Å². The minimum absolute atomic E-state index is 1.02. The second-order valence-electron chi connectivity index (χ2n) is 2.88. The Morgan fingerprint density at radius 1 is 1.45 bits per heavy atom. The molecule has 1 radical (unpaired) electrons. The van der Waals surface area contributed by atoms with E-state index in [2.05, 4.69) is 15.3 Å². The average Bonchev–Trinajstić information content (AvgIpc) is 2.55. The third-order valence-electron chi connectivity index (χ3n) is 1.93. The van der Waals surface area contributed by atoms with Gasteiger partial charge in [-0.3, -0.25) is 0 Å². The Bertz CT molecular complexity index is 238. The quantitative estimate of drug-likeness (QED) is 0.634. The van der Waals surface area contributed by atoms with Crippen molar-refractivity contribution in [2.75, 3.05) is 18.0 Å². The monoisotopic (exact) mass is 167 g/mol. The van der Waals surface area contributed by atoms with Gasteiger partial charge in [-0.25, -0.2) is 4.98 Å². The van der Waals surface area contributed by atoms with Gasteiger partial charge in [0.1, 0.15) is 0 Å². The molecule has 1 saturated heterocycles. The fraction of sp³-hybridized carbons (Fsp3) is 0.625. The number of aryl methyl sites for hydroxylation is 1. The highest BCUT2D eigenvalue weighted by Crippen LogP contribution is 2.23. The minimum atomic E-state index is 1.02. The predicted octanol–water partition coefficient (Wildman–Crippen LogP) is 1.85. The molecule has 1 aromatic rings. The van der Waals surface area contributed by atoms with Gasteiger partial charge in [-0.1, -0.05) is 11.3 Å². The lowest BCUT2D eigenvalue weighted by Crippen LogP contribution is -2.17. The van der Waals surface area contributed by atoms with Crippen molar-refractivity contribution in [1.29, 1.82) is 0 Å². The molecule has 2 heterocycles. The second-order valence-corrected chi connectivity index (χ2v) is 3.65. The van der Waals surface area contributed by atoms with Crippen molar-refractivity contribution in [1.82, 2.24) is 4.98 Å². The molecule has 11 heavy (non-hydrogen) atoms. The molecule has 59 valence electrons. The van der Waals surface area contributed by atoms with Crippen LogP contribution in [0.1, 0.15) is 18.5 Å². The molecule has 0 spiro atoms. The molecule has 0 amide bonds. The summed E-state index contributed by atoms with van der Waals surface area (Å²) in [4.78, 5) is 6.72. The van der Waals surface area contributed by atoms with Gasteiger partial charge in [0, 0.05) is 13.1 Å². The van der Waals surface area contributed by atoms with E-state index in [1.54, 1.807) is 11.3 Å². The molecule has 0 aliphatic carbocycles. The highest BCUT2D eigenvalue weighted by molar-refractivity contribution is 7.13. The van der Waals surface area contributed by atoms with Crippen LogP contribution in [0.4, 0.5) is 5.13 Å². The van der Waals surface area contributed by atoms with Crippen LogP contribution in [0.5, 0.6) is 0 Å². The van der Waals surface area contributed by atoms with Crippen LogP contribution in [-0.2, 0) is 0 Å². The Balaban J connectivity index is 2.15. The standard InChI is InChI=1S/C8H11N2S/c1-7-6-11-8(9-7)10-4-2-3-5-10/h2-5H2,1H3. The molecule has 0 aromatic carbocycles. The summed E-state index contributed by atoms with van der Waals surface area (Å²) in [6.45, 7) is 4.36. The Labute approximate surface area is 70.9 Å². The van der Waals surface area contributed by atoms with Crippen LogP contribution in [0.3, 0.4) is 0 Å². The van der Waals surface area contributed by atoms with Crippen LogP contribution in [-0.4, -0.2) is 18.1 Å². The maximum Gasteiger partial charge on any atom is 0.186 e. The van der Waals surface area contributed by atoms with Crippen LogP contribution in [0, 0.1) is 12.3 Å². The predicted molar refractivity (Wildman–Crippen MR) is 47.1 cm³/mol. The van der Waals surface area contributed by atoms with Crippen molar-refractivity contribution in [2.24, 2.45) is 0 Å². The highest BCUT2D eigenvalue weighted by Gasteiger charge is 2.14. The van der Waals surface area contributed by atoms with Crippen LogP contribution in [0.25, 0.3) is 0 Å². The lowest BCUT2D eigenvalue weighted by atomic mass is 10.4. The van der Waals surface area contributed by atoms with E-state index in [-0.39, 0.29) is 0 Å². The summed E-state index contributed by atoms with van der Waals surface area (Å²) >= 11 is 1.64. The van der Waals surface area contributed by atoms with Gasteiger partial charge >= 0.3 is 0 Å².